The number of ether oxygens (including phenoxy) is 5. The average molecular weight is 1620 g/mol. The standard InChI is InChI=1S/C22H24ClN3O3.C21H20ClFN2O3.C20H21ClFN3O4.C20H20ClN3O3/c1-14-7-17(4-5-18(14)23)29-10-16(27)9-21-11-22(12-21,13-21)24-20(28)19-8-15-3-2-6-26(15)25-19;1-13-2-5-17(24-8-13)18(26)7-20-10-21(11-20,12-20)25-19(27)9-28-14-3-4-15(22)16(23)6-14;1-28-12-25-5-4-16(24-25)17(26)7-19-9-20(10-19,11-19)23-18(27)8-29-13-2-3-14(21)15(22)6-13;1-13-6-15(2-3-16(13)21)27-8-14(25)7-19-9-20(10-19,11-19)24-18(26)17-4-5-22-12-23-17/h4-5,7-8H,2-3,6,9-13H2,1H3,(H,24,28);2-6,8H,7,9-12H2,1H3,(H,25,27);2-6H,7-12H2,1H3,(H,23,27);2-6,12H,7-11H2,1H3,(H,24,26). The molecular weight excluding hydrogens is 1540 g/mol. The molecule has 0 atom stereocenters. The lowest BCUT2D eigenvalue weighted by molar-refractivity contribution is -0.165. The van der Waals surface area contributed by atoms with Gasteiger partial charge in [-0.1, -0.05) is 52.5 Å². The van der Waals surface area contributed by atoms with Crippen LogP contribution in [0.2, 0.25) is 20.1 Å². The van der Waals surface area contributed by atoms with Gasteiger partial charge in [-0.25, -0.2) is 23.4 Å². The summed E-state index contributed by atoms with van der Waals surface area (Å²) >= 11 is 23.2. The van der Waals surface area contributed by atoms with Gasteiger partial charge >= 0.3 is 0 Å². The first-order chi connectivity index (χ1) is 53.8. The largest absolute Gasteiger partial charge is 0.486 e. The van der Waals surface area contributed by atoms with Gasteiger partial charge in [-0.15, -0.1) is 0 Å². The first-order valence-electron chi connectivity index (χ1n) is 37.4. The quantitative estimate of drug-likeness (QED) is 0.0304. The third-order valence-corrected chi connectivity index (χ3v) is 24.5. The molecule has 113 heavy (non-hydrogen) atoms. The van der Waals surface area contributed by atoms with Crippen molar-refractivity contribution in [3.8, 4) is 23.0 Å². The molecule has 13 aliphatic rings. The minimum Gasteiger partial charge on any atom is -0.486 e. The molecule has 12 fully saturated rings. The van der Waals surface area contributed by atoms with E-state index in [2.05, 4.69) is 46.4 Å². The fraction of sp³-hybridized carbons (Fsp3) is 0.434. The van der Waals surface area contributed by atoms with Crippen LogP contribution in [0.3, 0.4) is 0 Å². The van der Waals surface area contributed by atoms with Crippen molar-refractivity contribution in [2.45, 2.75) is 172 Å². The van der Waals surface area contributed by atoms with Gasteiger partial charge in [0.25, 0.3) is 23.6 Å². The number of aryl methyl sites for hydroxylation is 5. The minimum absolute atomic E-state index is 0.000904. The van der Waals surface area contributed by atoms with E-state index in [1.807, 2.05) is 49.7 Å². The molecule has 12 saturated carbocycles. The molecule has 1 aliphatic heterocycles. The number of nitrogens with zero attached hydrogens (tertiary/aromatic N) is 7. The molecular formula is C83H85Cl4F2N11O13. The van der Waals surface area contributed by atoms with Gasteiger partial charge in [0.15, 0.2) is 36.3 Å². The number of fused-ring (bicyclic) bond motifs is 1. The number of carbonyl (C=O) groups excluding carboxylic acids is 8. The van der Waals surface area contributed by atoms with Crippen LogP contribution in [0.4, 0.5) is 8.78 Å². The summed E-state index contributed by atoms with van der Waals surface area (Å²) < 4.78 is 57.1. The zero-order chi connectivity index (χ0) is 79.9. The molecule has 4 N–H and O–H groups in total. The number of pyridine rings is 1. The van der Waals surface area contributed by atoms with Crippen LogP contribution in [0.5, 0.6) is 23.0 Å². The van der Waals surface area contributed by atoms with Gasteiger partial charge in [-0.05, 0) is 234 Å². The summed E-state index contributed by atoms with van der Waals surface area (Å²) in [6.45, 7) is 6.67. The monoisotopic (exact) mass is 1620 g/mol. The lowest BCUT2D eigenvalue weighted by atomic mass is 9.38. The van der Waals surface area contributed by atoms with Crippen LogP contribution in [0.15, 0.2) is 128 Å². The fourth-order valence-corrected chi connectivity index (χ4v) is 19.1. The highest BCUT2D eigenvalue weighted by atomic mass is 35.5. The highest BCUT2D eigenvalue weighted by Crippen LogP contribution is 2.71. The third kappa shape index (κ3) is 18.1. The van der Waals surface area contributed by atoms with Gasteiger partial charge in [0.05, 0.1) is 10.0 Å². The zero-order valence-corrected chi connectivity index (χ0v) is 65.8. The number of hydrogen-bond donors (Lipinski definition) is 4. The summed E-state index contributed by atoms with van der Waals surface area (Å²) in [4.78, 5) is 111. The molecule has 5 heterocycles. The van der Waals surface area contributed by atoms with Gasteiger partial charge in [0.1, 0.15) is 83.7 Å². The van der Waals surface area contributed by atoms with Crippen LogP contribution in [0, 0.1) is 54.1 Å². The predicted octanol–water partition coefficient (Wildman–Crippen LogP) is 13.5. The second-order valence-corrected chi connectivity index (χ2v) is 34.5. The maximum absolute atomic E-state index is 13.4. The molecule has 4 amide bonds. The Bertz CT molecular complexity index is 4960. The first kappa shape index (κ1) is 79.9. The SMILES string of the molecule is COCn1ccc(C(=O)CC23CC(NC(=O)COc4ccc(Cl)c(F)c4)(C2)C3)n1.Cc1cc(OCC(=O)CC23CC(NC(=O)c4cc5n(n4)CCC5)(C2)C3)ccc1Cl.Cc1cc(OCC(=O)CC23CC(NC(=O)c4ccncn4)(C2)C3)ccc1Cl.Cc1ccc(C(=O)CC23CC(NC(=O)COc4ccc(Cl)c(F)c4)(C2)C3)nc1. The topological polar surface area (TPSA) is 305 Å². The molecule has 8 aromatic rings. The van der Waals surface area contributed by atoms with E-state index in [1.54, 1.807) is 72.8 Å². The van der Waals surface area contributed by atoms with Crippen molar-refractivity contribution in [1.29, 1.82) is 0 Å². The molecule has 8 bridgehead atoms. The Labute approximate surface area is 670 Å². The van der Waals surface area contributed by atoms with Gasteiger partial charge in [-0.3, -0.25) is 48.0 Å². The fourth-order valence-electron chi connectivity index (χ4n) is 18.7. The summed E-state index contributed by atoms with van der Waals surface area (Å²) in [5.74, 6) is 0.0687. The second-order valence-electron chi connectivity index (χ2n) is 32.8. The lowest BCUT2D eigenvalue weighted by Gasteiger charge is -2.70. The smallest absolute Gasteiger partial charge is 0.272 e. The van der Waals surface area contributed by atoms with Gasteiger partial charge < -0.3 is 45.0 Å². The maximum atomic E-state index is 13.4. The van der Waals surface area contributed by atoms with Gasteiger partial charge in [0.2, 0.25) is 0 Å². The Hall–Kier alpha value is -9.73. The van der Waals surface area contributed by atoms with Gasteiger partial charge in [0, 0.05) is 108 Å². The lowest BCUT2D eigenvalue weighted by Crippen LogP contribution is -2.75. The van der Waals surface area contributed by atoms with E-state index in [4.69, 9.17) is 70.1 Å². The van der Waals surface area contributed by atoms with E-state index in [9.17, 15) is 47.1 Å². The minimum atomic E-state index is -0.595. The summed E-state index contributed by atoms with van der Waals surface area (Å²) in [7, 11) is 1.57. The molecule has 0 radical (unpaired) electrons. The van der Waals surface area contributed by atoms with E-state index in [0.29, 0.717) is 76.7 Å². The second kappa shape index (κ2) is 31.9. The Balaban J connectivity index is 0.000000125. The number of hydrogen-bond acceptors (Lipinski definition) is 18. The Morgan fingerprint density at radius 3 is 1.35 bits per heavy atom. The number of ketones is 4. The summed E-state index contributed by atoms with van der Waals surface area (Å²) in [5.41, 5.74) is 5.04. The van der Waals surface area contributed by atoms with E-state index < -0.39 is 11.6 Å². The number of rotatable bonds is 30. The first-order valence-corrected chi connectivity index (χ1v) is 38.9. The van der Waals surface area contributed by atoms with Crippen molar-refractivity contribution >= 4 is 93.2 Å². The number of amides is 4. The van der Waals surface area contributed by atoms with Crippen LogP contribution >= 0.6 is 46.4 Å². The van der Waals surface area contributed by atoms with Crippen molar-refractivity contribution in [1.82, 2.24) is 55.8 Å². The molecule has 4 aromatic carbocycles. The van der Waals surface area contributed by atoms with E-state index >= 15 is 0 Å². The highest BCUT2D eigenvalue weighted by Gasteiger charge is 2.71. The van der Waals surface area contributed by atoms with E-state index in [1.165, 1.54) is 30.6 Å². The average Bonchev–Trinajstić information content (AvgIpc) is 1.04. The number of benzene rings is 4. The number of Topliss-reactive ketones (excluding diaryl/α,β-unsaturated/α-hetero) is 4. The predicted molar refractivity (Wildman–Crippen MR) is 412 cm³/mol. The summed E-state index contributed by atoms with van der Waals surface area (Å²) in [6.07, 6.45) is 20.1. The van der Waals surface area contributed by atoms with Crippen LogP contribution in [-0.2, 0) is 43.6 Å². The summed E-state index contributed by atoms with van der Waals surface area (Å²) in [6, 6.07) is 27.7. The number of methoxy groups -OCH3 is 1. The number of halogens is 6. The number of aromatic nitrogens is 7. The summed E-state index contributed by atoms with van der Waals surface area (Å²) in [5, 5.41) is 22.2. The molecule has 0 saturated heterocycles. The molecule has 30 heteroatoms. The Morgan fingerprint density at radius 2 is 0.912 bits per heavy atom. The maximum Gasteiger partial charge on any atom is 0.272 e. The van der Waals surface area contributed by atoms with Crippen LogP contribution in [0.1, 0.15) is 173 Å². The van der Waals surface area contributed by atoms with Crippen molar-refractivity contribution < 1.29 is 70.8 Å². The van der Waals surface area contributed by atoms with E-state index in [0.717, 1.165) is 131 Å². The van der Waals surface area contributed by atoms with Crippen molar-refractivity contribution in [2.24, 2.45) is 21.7 Å². The highest BCUT2D eigenvalue weighted by molar-refractivity contribution is 6.32. The zero-order valence-electron chi connectivity index (χ0n) is 62.8. The Morgan fingerprint density at radius 1 is 0.469 bits per heavy atom. The molecule has 592 valence electrons. The normalized spacial score (nSPS) is 25.1. The molecule has 24 nitrogen and oxygen atoms in total. The van der Waals surface area contributed by atoms with Crippen molar-refractivity contribution in [3.05, 3.63) is 205 Å². The van der Waals surface area contributed by atoms with Gasteiger partial charge in [-0.2, -0.15) is 10.2 Å². The van der Waals surface area contributed by atoms with Crippen LogP contribution in [0.25, 0.3) is 0 Å². The van der Waals surface area contributed by atoms with Crippen molar-refractivity contribution in [2.75, 3.05) is 33.5 Å². The Kier molecular flexibility index (Phi) is 22.6. The molecule has 12 aliphatic carbocycles. The number of nitrogens with one attached hydrogen (secondary N) is 4. The van der Waals surface area contributed by atoms with Crippen molar-refractivity contribution in [3.63, 3.8) is 0 Å². The molecule has 0 spiro atoms. The molecule has 0 unspecified atom stereocenters. The molecule has 21 rings (SSSR count). The molecule has 4 aromatic heterocycles. The van der Waals surface area contributed by atoms with Crippen LogP contribution < -0.4 is 40.2 Å². The van der Waals surface area contributed by atoms with Crippen LogP contribution in [-0.4, -0.2) is 137 Å². The van der Waals surface area contributed by atoms with E-state index in [-0.39, 0.29) is 139 Å². The third-order valence-electron chi connectivity index (χ3n) is 23.0. The number of carbonyl (C=O) groups is 8.